The number of aromatic nitrogens is 3. The van der Waals surface area contributed by atoms with Gasteiger partial charge in [-0.1, -0.05) is 36.9 Å². The molecule has 2 aliphatic carbocycles. The second-order valence-electron chi connectivity index (χ2n) is 12.1. The zero-order valence-electron chi connectivity index (χ0n) is 24.7. The number of pyridine rings is 1. The third-order valence-electron chi connectivity index (χ3n) is 9.06. The quantitative estimate of drug-likeness (QED) is 0.346. The predicted molar refractivity (Wildman–Crippen MR) is 171 cm³/mol. The summed E-state index contributed by atoms with van der Waals surface area (Å²) in [5, 5.41) is 17.5. The van der Waals surface area contributed by atoms with Gasteiger partial charge in [-0.25, -0.2) is 9.78 Å². The molecule has 1 saturated heterocycles. The molecule has 3 aliphatic rings. The lowest BCUT2D eigenvalue weighted by Crippen LogP contribution is -2.63. The first-order valence-corrected chi connectivity index (χ1v) is 16.7. The fourth-order valence-corrected chi connectivity index (χ4v) is 7.40. The van der Waals surface area contributed by atoms with Crippen molar-refractivity contribution in [3.05, 3.63) is 81.1 Å². The van der Waals surface area contributed by atoms with Crippen molar-refractivity contribution in [2.24, 2.45) is 0 Å². The van der Waals surface area contributed by atoms with Crippen molar-refractivity contribution >= 4 is 39.5 Å². The summed E-state index contributed by atoms with van der Waals surface area (Å²) in [6.07, 6.45) is 13.0. The Morgan fingerprint density at radius 2 is 1.93 bits per heavy atom. The normalized spacial score (nSPS) is 21.6. The Bertz CT molecular complexity index is 1410. The maximum atomic E-state index is 13.9. The Morgan fingerprint density at radius 1 is 1.11 bits per heavy atom. The monoisotopic (exact) mass is 683 g/mol. The van der Waals surface area contributed by atoms with Crippen molar-refractivity contribution in [2.75, 3.05) is 26.2 Å². The molecule has 10 nitrogen and oxygen atoms in total. The average molecular weight is 685 g/mol. The molecule has 3 N–H and O–H groups in total. The number of nitrogens with one attached hydrogen (secondary N) is 2. The summed E-state index contributed by atoms with van der Waals surface area (Å²) in [5.41, 5.74) is 4.40. The minimum absolute atomic E-state index is 0.0643. The number of benzene rings is 1. The van der Waals surface area contributed by atoms with Crippen LogP contribution in [0.3, 0.4) is 0 Å². The highest BCUT2D eigenvalue weighted by molar-refractivity contribution is 9.10. The van der Waals surface area contributed by atoms with Crippen molar-refractivity contribution in [3.63, 3.8) is 0 Å². The van der Waals surface area contributed by atoms with Gasteiger partial charge < -0.3 is 25.2 Å². The molecule has 0 spiro atoms. The van der Waals surface area contributed by atoms with E-state index in [1.54, 1.807) is 28.2 Å². The van der Waals surface area contributed by atoms with Crippen LogP contribution in [0.15, 0.2) is 53.7 Å². The highest BCUT2D eigenvalue weighted by Gasteiger charge is 2.41. The van der Waals surface area contributed by atoms with E-state index >= 15 is 0 Å². The summed E-state index contributed by atoms with van der Waals surface area (Å²) in [6, 6.07) is 7.13. The van der Waals surface area contributed by atoms with Gasteiger partial charge in [-0.15, -0.1) is 0 Å². The van der Waals surface area contributed by atoms with Crippen LogP contribution in [0.4, 0.5) is 4.79 Å². The molecule has 2 fully saturated rings. The highest BCUT2D eigenvalue weighted by Crippen LogP contribution is 2.38. The largest absolute Gasteiger partial charge is 0.389 e. The molecule has 0 radical (unpaired) electrons. The summed E-state index contributed by atoms with van der Waals surface area (Å²) in [7, 11) is 0. The molecule has 2 unspecified atom stereocenters. The van der Waals surface area contributed by atoms with E-state index in [0.29, 0.717) is 31.2 Å². The van der Waals surface area contributed by atoms with Crippen LogP contribution in [0.5, 0.6) is 0 Å². The van der Waals surface area contributed by atoms with Crippen LogP contribution in [0.1, 0.15) is 60.5 Å². The van der Waals surface area contributed by atoms with Crippen molar-refractivity contribution in [3.8, 4) is 0 Å². The van der Waals surface area contributed by atoms with Gasteiger partial charge in [0.05, 0.1) is 30.7 Å². The van der Waals surface area contributed by atoms with Crippen LogP contribution in [0, 0.1) is 0 Å². The first-order chi connectivity index (χ1) is 21.4. The van der Waals surface area contributed by atoms with E-state index in [1.807, 2.05) is 18.3 Å². The van der Waals surface area contributed by atoms with Gasteiger partial charge in [0, 0.05) is 60.3 Å². The van der Waals surface area contributed by atoms with Crippen molar-refractivity contribution in [1.29, 1.82) is 0 Å². The molecule has 2 aromatic heterocycles. The molecule has 3 aromatic rings. The van der Waals surface area contributed by atoms with Gasteiger partial charge in [0.25, 0.3) is 0 Å². The molecule has 12 heteroatoms. The lowest BCUT2D eigenvalue weighted by atomic mass is 9.95. The van der Waals surface area contributed by atoms with Gasteiger partial charge in [0.2, 0.25) is 5.91 Å². The molecule has 1 aliphatic heterocycles. The second-order valence-corrected chi connectivity index (χ2v) is 13.4. The third kappa shape index (κ3) is 7.11. The van der Waals surface area contributed by atoms with Crippen molar-refractivity contribution in [1.82, 2.24) is 35.0 Å². The molecule has 3 heterocycles. The van der Waals surface area contributed by atoms with E-state index in [9.17, 15) is 14.7 Å². The Labute approximate surface area is 271 Å². The number of fused-ring (bicyclic) bond motifs is 2. The molecular formula is C32H39BrClN7O3. The number of piperazine rings is 1. The number of hydrogen-bond acceptors (Lipinski definition) is 6. The number of aliphatic hydroxyl groups excluding tert-OH is 1. The molecule has 1 aromatic carbocycles. The predicted octanol–water partition coefficient (Wildman–Crippen LogP) is 4.09. The number of urea groups is 1. The summed E-state index contributed by atoms with van der Waals surface area (Å²) < 4.78 is 2.69. The van der Waals surface area contributed by atoms with Crippen LogP contribution >= 0.6 is 27.5 Å². The van der Waals surface area contributed by atoms with E-state index in [0.717, 1.165) is 65.4 Å². The molecule has 3 amide bonds. The topological polar surface area (TPSA) is 116 Å². The second kappa shape index (κ2) is 14.0. The molecule has 3 atom stereocenters. The molecular weight excluding hydrogens is 646 g/mol. The van der Waals surface area contributed by atoms with Crippen LogP contribution in [0.25, 0.3) is 0 Å². The van der Waals surface area contributed by atoms with Crippen molar-refractivity contribution < 1.29 is 14.7 Å². The van der Waals surface area contributed by atoms with E-state index < -0.39 is 12.1 Å². The number of aryl methyl sites for hydroxylation is 2. The highest BCUT2D eigenvalue weighted by atomic mass is 79.9. The Balaban J connectivity index is 1.26. The average Bonchev–Trinajstić information content (AvgIpc) is 3.48. The standard InChI is InChI=1S/C32H39BrClN7O3/c33-23-14-22-7-6-21-15-24(34)8-9-27(21)30(29(22)36-16-23)40-12-13-41(32(44)38-25-4-2-1-3-5-25)28(19-40)31(43)37-17-26(42)18-39-11-10-35-20-39/h8-11,14-16,20,25-26,28,30,42H,1-7,12-13,17-19H2,(H,37,43)(H,38,44)/t26?,28-,30?/m1/s1. The number of imidazole rings is 1. The van der Waals surface area contributed by atoms with Crippen LogP contribution in [-0.4, -0.2) is 85.7 Å². The van der Waals surface area contributed by atoms with Gasteiger partial charge in [0.15, 0.2) is 0 Å². The number of hydrogen-bond donors (Lipinski definition) is 3. The number of carbonyl (C=O) groups is 2. The maximum absolute atomic E-state index is 13.9. The van der Waals surface area contributed by atoms with Gasteiger partial charge in [-0.3, -0.25) is 14.7 Å². The number of nitrogens with zero attached hydrogens (tertiary/aromatic N) is 5. The number of halogens is 2. The molecule has 6 rings (SSSR count). The smallest absolute Gasteiger partial charge is 0.318 e. The van der Waals surface area contributed by atoms with Gasteiger partial charge >= 0.3 is 6.03 Å². The Kier molecular flexibility index (Phi) is 9.85. The number of carbonyl (C=O) groups excluding carboxylic acids is 2. The first kappa shape index (κ1) is 31.0. The van der Waals surface area contributed by atoms with E-state index in [4.69, 9.17) is 16.6 Å². The van der Waals surface area contributed by atoms with Gasteiger partial charge in [0.1, 0.15) is 6.04 Å². The van der Waals surface area contributed by atoms with Crippen molar-refractivity contribution in [2.45, 2.75) is 75.7 Å². The SMILES string of the molecule is O=C(NCC(O)Cn1ccnc1)[C@H]1CN(C2c3ccc(Cl)cc3CCc3cc(Br)cnc32)CCN1C(=O)NC1CCCCC1. The van der Waals surface area contributed by atoms with E-state index in [1.165, 1.54) is 6.42 Å². The molecule has 44 heavy (non-hydrogen) atoms. The fourth-order valence-electron chi connectivity index (χ4n) is 6.83. The minimum Gasteiger partial charge on any atom is -0.389 e. The summed E-state index contributed by atoms with van der Waals surface area (Å²) in [5.74, 6) is -0.285. The fraction of sp³-hybridized carbons (Fsp3) is 0.500. The minimum atomic E-state index is -0.801. The summed E-state index contributed by atoms with van der Waals surface area (Å²) >= 11 is 10.0. The number of aliphatic hydroxyl groups is 1. The Morgan fingerprint density at radius 3 is 2.73 bits per heavy atom. The Hall–Kier alpha value is -2.99. The number of amides is 3. The summed E-state index contributed by atoms with van der Waals surface area (Å²) in [6.45, 7) is 1.66. The van der Waals surface area contributed by atoms with Gasteiger partial charge in [-0.05, 0) is 76.5 Å². The van der Waals surface area contributed by atoms with Gasteiger partial charge in [-0.2, -0.15) is 0 Å². The first-order valence-electron chi connectivity index (χ1n) is 15.5. The summed E-state index contributed by atoms with van der Waals surface area (Å²) in [4.78, 5) is 40.4. The lowest BCUT2D eigenvalue weighted by molar-refractivity contribution is -0.128. The lowest BCUT2D eigenvalue weighted by Gasteiger charge is -2.44. The zero-order valence-corrected chi connectivity index (χ0v) is 27.0. The third-order valence-corrected chi connectivity index (χ3v) is 9.73. The molecule has 1 saturated carbocycles. The van der Waals surface area contributed by atoms with E-state index in [2.05, 4.69) is 48.6 Å². The van der Waals surface area contributed by atoms with Crippen LogP contribution in [0.2, 0.25) is 5.02 Å². The molecule has 234 valence electrons. The molecule has 0 bridgehead atoms. The van der Waals surface area contributed by atoms with Crippen LogP contribution < -0.4 is 10.6 Å². The number of rotatable bonds is 7. The van der Waals surface area contributed by atoms with E-state index in [-0.39, 0.29) is 30.6 Å². The maximum Gasteiger partial charge on any atom is 0.318 e. The van der Waals surface area contributed by atoms with Crippen LogP contribution in [-0.2, 0) is 24.2 Å². The zero-order chi connectivity index (χ0) is 30.6.